The predicted octanol–water partition coefficient (Wildman–Crippen LogP) is 5.30. The molecule has 0 heterocycles. The van der Waals surface area contributed by atoms with E-state index >= 15 is 0 Å². The molecule has 0 spiro atoms. The van der Waals surface area contributed by atoms with E-state index in [9.17, 15) is 20.1 Å². The molecular formula is C23H30O4. The summed E-state index contributed by atoms with van der Waals surface area (Å²) in [6, 6.07) is 10.6. The van der Waals surface area contributed by atoms with Gasteiger partial charge >= 0.3 is 5.97 Å². The maximum atomic E-state index is 11.6. The third-order valence-electron chi connectivity index (χ3n) is 4.84. The molecule has 0 saturated carbocycles. The Kier molecular flexibility index (Phi) is 5.60. The topological polar surface area (TPSA) is 77.8 Å². The Morgan fingerprint density at radius 1 is 0.815 bits per heavy atom. The van der Waals surface area contributed by atoms with Crippen LogP contribution in [0.25, 0.3) is 0 Å². The molecule has 3 N–H and O–H groups in total. The lowest BCUT2D eigenvalue weighted by Gasteiger charge is -2.26. The Hall–Kier alpha value is -2.49. The molecule has 27 heavy (non-hydrogen) atoms. The van der Waals surface area contributed by atoms with E-state index in [2.05, 4.69) is 0 Å². The maximum Gasteiger partial charge on any atom is 0.304 e. The zero-order chi connectivity index (χ0) is 20.6. The minimum Gasteiger partial charge on any atom is -0.508 e. The number of hydrogen-bond acceptors (Lipinski definition) is 3. The fraction of sp³-hybridized carbons (Fsp3) is 0.435. The molecule has 0 amide bonds. The first kappa shape index (κ1) is 20.8. The largest absolute Gasteiger partial charge is 0.508 e. The molecule has 0 saturated heterocycles. The van der Waals surface area contributed by atoms with Crippen LogP contribution < -0.4 is 0 Å². The number of carboxylic acid groups (broad SMARTS) is 1. The van der Waals surface area contributed by atoms with Gasteiger partial charge in [-0.1, -0.05) is 65.8 Å². The van der Waals surface area contributed by atoms with Gasteiger partial charge in [0, 0.05) is 5.92 Å². The van der Waals surface area contributed by atoms with Crippen LogP contribution in [0.15, 0.2) is 36.4 Å². The number of rotatable bonds is 4. The van der Waals surface area contributed by atoms with E-state index in [4.69, 9.17) is 0 Å². The molecule has 2 rings (SSSR count). The van der Waals surface area contributed by atoms with Gasteiger partial charge in [0.25, 0.3) is 0 Å². The first-order chi connectivity index (χ1) is 12.3. The van der Waals surface area contributed by atoms with E-state index in [0.29, 0.717) is 0 Å². The summed E-state index contributed by atoms with van der Waals surface area (Å²) in [7, 11) is 0. The average molecular weight is 370 g/mol. The van der Waals surface area contributed by atoms with Gasteiger partial charge in [0.1, 0.15) is 11.5 Å². The molecule has 0 aliphatic rings. The Bertz CT molecular complexity index is 775. The van der Waals surface area contributed by atoms with E-state index in [0.717, 1.165) is 22.3 Å². The van der Waals surface area contributed by atoms with Gasteiger partial charge in [-0.15, -0.1) is 0 Å². The van der Waals surface area contributed by atoms with E-state index in [1.807, 2.05) is 53.7 Å². The minimum absolute atomic E-state index is 0.0667. The number of phenols is 2. The summed E-state index contributed by atoms with van der Waals surface area (Å²) in [6.07, 6.45) is -0.0667. The van der Waals surface area contributed by atoms with Crippen molar-refractivity contribution in [2.24, 2.45) is 0 Å². The molecule has 0 unspecified atom stereocenters. The van der Waals surface area contributed by atoms with E-state index < -0.39 is 5.97 Å². The maximum absolute atomic E-state index is 11.6. The first-order valence-electron chi connectivity index (χ1n) is 9.19. The van der Waals surface area contributed by atoms with E-state index in [1.165, 1.54) is 0 Å². The van der Waals surface area contributed by atoms with Crippen LogP contribution in [0.4, 0.5) is 0 Å². The van der Waals surface area contributed by atoms with Crippen LogP contribution in [-0.2, 0) is 15.6 Å². The lowest BCUT2D eigenvalue weighted by atomic mass is 9.79. The lowest BCUT2D eigenvalue weighted by Crippen LogP contribution is -2.15. The number of benzene rings is 2. The molecule has 0 aliphatic carbocycles. The molecule has 0 aliphatic heterocycles. The van der Waals surface area contributed by atoms with E-state index in [1.54, 1.807) is 24.3 Å². The number of phenolic OH excluding ortho intramolecular Hbond substituents is 2. The van der Waals surface area contributed by atoms with Crippen LogP contribution in [0.3, 0.4) is 0 Å². The summed E-state index contributed by atoms with van der Waals surface area (Å²) in [5.41, 5.74) is 2.71. The van der Waals surface area contributed by atoms with Gasteiger partial charge in [0.2, 0.25) is 0 Å². The Labute approximate surface area is 161 Å². The van der Waals surface area contributed by atoms with Crippen LogP contribution >= 0.6 is 0 Å². The molecule has 4 nitrogen and oxygen atoms in total. The molecule has 146 valence electrons. The summed E-state index contributed by atoms with van der Waals surface area (Å²) in [5.74, 6) is -0.843. The van der Waals surface area contributed by atoms with Gasteiger partial charge in [0.05, 0.1) is 6.42 Å². The normalized spacial score (nSPS) is 12.4. The predicted molar refractivity (Wildman–Crippen MR) is 108 cm³/mol. The Morgan fingerprint density at radius 2 is 1.19 bits per heavy atom. The number of aromatic hydroxyl groups is 2. The highest BCUT2D eigenvalue weighted by Crippen LogP contribution is 2.39. The summed E-state index contributed by atoms with van der Waals surface area (Å²) in [6.45, 7) is 12.1. The molecule has 0 atom stereocenters. The summed E-state index contributed by atoms with van der Waals surface area (Å²) < 4.78 is 0. The number of aliphatic carboxylic acids is 1. The summed E-state index contributed by atoms with van der Waals surface area (Å²) in [4.78, 5) is 11.6. The van der Waals surface area contributed by atoms with Crippen LogP contribution in [0.2, 0.25) is 0 Å². The van der Waals surface area contributed by atoms with E-state index in [-0.39, 0.29) is 34.7 Å². The molecule has 0 radical (unpaired) electrons. The molecule has 0 bridgehead atoms. The highest BCUT2D eigenvalue weighted by atomic mass is 16.4. The molecule has 2 aromatic rings. The Morgan fingerprint density at radius 3 is 1.48 bits per heavy atom. The molecular weight excluding hydrogens is 340 g/mol. The average Bonchev–Trinajstić information content (AvgIpc) is 2.51. The van der Waals surface area contributed by atoms with Gasteiger partial charge in [-0.05, 0) is 45.2 Å². The van der Waals surface area contributed by atoms with Gasteiger partial charge in [-0.25, -0.2) is 0 Å². The van der Waals surface area contributed by atoms with Crippen molar-refractivity contribution in [3.8, 4) is 11.5 Å². The number of carboxylic acids is 1. The third kappa shape index (κ3) is 4.82. The van der Waals surface area contributed by atoms with Gasteiger partial charge in [-0.3, -0.25) is 4.79 Å². The molecule has 2 aromatic carbocycles. The van der Waals surface area contributed by atoms with Crippen LogP contribution in [0.1, 0.15) is 76.1 Å². The number of carbonyl (C=O) groups is 1. The lowest BCUT2D eigenvalue weighted by molar-refractivity contribution is -0.137. The second-order valence-corrected chi connectivity index (χ2v) is 9.20. The molecule has 0 fully saturated rings. The third-order valence-corrected chi connectivity index (χ3v) is 4.84. The fourth-order valence-corrected chi connectivity index (χ4v) is 3.35. The quantitative estimate of drug-likeness (QED) is 0.682. The minimum atomic E-state index is -0.893. The van der Waals surface area contributed by atoms with Gasteiger partial charge in [0.15, 0.2) is 0 Å². The Balaban J connectivity index is 2.63. The van der Waals surface area contributed by atoms with Crippen molar-refractivity contribution < 1.29 is 20.1 Å². The fourth-order valence-electron chi connectivity index (χ4n) is 3.35. The highest BCUT2D eigenvalue weighted by molar-refractivity contribution is 5.69. The summed E-state index contributed by atoms with van der Waals surface area (Å²) >= 11 is 0. The molecule has 4 heteroatoms. The van der Waals surface area contributed by atoms with Crippen LogP contribution in [0, 0.1) is 0 Å². The van der Waals surface area contributed by atoms with Crippen molar-refractivity contribution in [3.05, 3.63) is 58.7 Å². The van der Waals surface area contributed by atoms with Crippen molar-refractivity contribution in [2.45, 2.75) is 64.7 Å². The highest BCUT2D eigenvalue weighted by Gasteiger charge is 2.25. The van der Waals surface area contributed by atoms with Crippen LogP contribution in [-0.4, -0.2) is 21.3 Å². The van der Waals surface area contributed by atoms with Gasteiger partial charge < -0.3 is 15.3 Å². The van der Waals surface area contributed by atoms with Crippen molar-refractivity contribution in [2.75, 3.05) is 0 Å². The first-order valence-corrected chi connectivity index (χ1v) is 9.19. The van der Waals surface area contributed by atoms with Crippen LogP contribution in [0.5, 0.6) is 11.5 Å². The monoisotopic (exact) mass is 370 g/mol. The summed E-state index contributed by atoms with van der Waals surface area (Å²) in [5, 5.41) is 30.0. The smallest absolute Gasteiger partial charge is 0.304 e. The standard InChI is InChI=1S/C23H30O4/c1-22(2,3)17-11-14(7-9-19(17)24)16(13-21(26)27)15-8-10-20(25)18(12-15)23(4,5)6/h7-12,16,24-25H,13H2,1-6H3,(H,26,27). The van der Waals surface area contributed by atoms with Crippen molar-refractivity contribution in [1.29, 1.82) is 0 Å². The molecule has 0 aromatic heterocycles. The van der Waals surface area contributed by atoms with Gasteiger partial charge in [-0.2, -0.15) is 0 Å². The second-order valence-electron chi connectivity index (χ2n) is 9.20. The van der Waals surface area contributed by atoms with Crippen molar-refractivity contribution in [3.63, 3.8) is 0 Å². The SMILES string of the molecule is CC(C)(C)c1cc(C(CC(=O)O)c2ccc(O)c(C(C)(C)C)c2)ccc1O. The van der Waals surface area contributed by atoms with Crippen molar-refractivity contribution in [1.82, 2.24) is 0 Å². The second kappa shape index (κ2) is 7.26. The number of hydrogen-bond donors (Lipinski definition) is 3. The van der Waals surface area contributed by atoms with Crippen molar-refractivity contribution >= 4 is 5.97 Å². The zero-order valence-corrected chi connectivity index (χ0v) is 17.0. The zero-order valence-electron chi connectivity index (χ0n) is 17.0.